The summed E-state index contributed by atoms with van der Waals surface area (Å²) in [5, 5.41) is 12.7. The van der Waals surface area contributed by atoms with Gasteiger partial charge in [0.25, 0.3) is 0 Å². The van der Waals surface area contributed by atoms with Crippen LogP contribution in [-0.2, 0) is 0 Å². The van der Waals surface area contributed by atoms with Gasteiger partial charge in [0, 0.05) is 16.6 Å². The van der Waals surface area contributed by atoms with Gasteiger partial charge in [0.1, 0.15) is 5.84 Å². The third kappa shape index (κ3) is 5.49. The quantitative estimate of drug-likeness (QED) is 0.575. The molecule has 0 aliphatic heterocycles. The van der Waals surface area contributed by atoms with Crippen molar-refractivity contribution in [2.75, 3.05) is 5.32 Å². The molecule has 3 N–H and O–H groups in total. The molecule has 0 aliphatic carbocycles. The number of nitrogens with one attached hydrogen (secondary N) is 3. The average Bonchev–Trinajstić information content (AvgIpc) is 2.29. The van der Waals surface area contributed by atoms with E-state index in [4.69, 9.17) is 5.41 Å². The number of urea groups is 1. The van der Waals surface area contributed by atoms with Gasteiger partial charge in [0.05, 0.1) is 0 Å². The first-order valence-corrected chi connectivity index (χ1v) is 6.32. The summed E-state index contributed by atoms with van der Waals surface area (Å²) in [6.45, 7) is 2.05. The molecule has 0 radical (unpaired) electrons. The van der Waals surface area contributed by atoms with Crippen LogP contribution in [0.1, 0.15) is 26.2 Å². The fourth-order valence-corrected chi connectivity index (χ4v) is 1.51. The summed E-state index contributed by atoms with van der Waals surface area (Å²) in [4.78, 5) is 11.5. The van der Waals surface area contributed by atoms with Crippen LogP contribution in [0.3, 0.4) is 0 Å². The molecule has 1 aromatic rings. The molecule has 92 valence electrons. The third-order valence-electron chi connectivity index (χ3n) is 2.15. The Hall–Kier alpha value is -1.36. The lowest BCUT2D eigenvalue weighted by Gasteiger charge is -2.08. The minimum Gasteiger partial charge on any atom is -0.308 e. The van der Waals surface area contributed by atoms with Crippen molar-refractivity contribution in [2.45, 2.75) is 26.2 Å². The van der Waals surface area contributed by atoms with Gasteiger partial charge in [-0.3, -0.25) is 10.7 Å². The first-order chi connectivity index (χ1) is 8.11. The predicted molar refractivity (Wildman–Crippen MR) is 73.5 cm³/mol. The highest BCUT2D eigenvalue weighted by atomic mass is 79.9. The number of carbonyl (C=O) groups excluding carboxylic acids is 1. The molecule has 0 heterocycles. The average molecular weight is 298 g/mol. The number of anilines is 1. The van der Waals surface area contributed by atoms with E-state index in [9.17, 15) is 4.79 Å². The molecule has 4 nitrogen and oxygen atoms in total. The van der Waals surface area contributed by atoms with Crippen LogP contribution in [0.5, 0.6) is 0 Å². The van der Waals surface area contributed by atoms with Crippen LogP contribution < -0.4 is 10.6 Å². The van der Waals surface area contributed by atoms with Crippen LogP contribution >= 0.6 is 15.9 Å². The molecule has 0 aromatic heterocycles. The molecule has 0 fully saturated rings. The van der Waals surface area contributed by atoms with Crippen molar-refractivity contribution < 1.29 is 4.79 Å². The molecule has 0 bridgehead atoms. The van der Waals surface area contributed by atoms with E-state index in [-0.39, 0.29) is 11.9 Å². The van der Waals surface area contributed by atoms with Crippen LogP contribution in [-0.4, -0.2) is 11.9 Å². The molecule has 1 rings (SSSR count). The van der Waals surface area contributed by atoms with Gasteiger partial charge in [-0.1, -0.05) is 29.3 Å². The Morgan fingerprint density at radius 2 is 2.00 bits per heavy atom. The standard InChI is InChI=1S/C12H16BrN3O/c1-2-3-4-11(14)16-12(17)15-10-7-5-9(13)6-8-10/h5-8H,2-4H2,1H3,(H3,14,15,16,17). The van der Waals surface area contributed by atoms with Crippen LogP contribution in [0.4, 0.5) is 10.5 Å². The maximum absolute atomic E-state index is 11.5. The number of unbranched alkanes of at least 4 members (excludes halogenated alkanes) is 1. The molecule has 0 unspecified atom stereocenters. The van der Waals surface area contributed by atoms with E-state index in [0.717, 1.165) is 17.3 Å². The van der Waals surface area contributed by atoms with E-state index in [2.05, 4.69) is 33.5 Å². The largest absolute Gasteiger partial charge is 0.324 e. The molecule has 2 amide bonds. The van der Waals surface area contributed by atoms with Gasteiger partial charge >= 0.3 is 6.03 Å². The number of carbonyl (C=O) groups is 1. The van der Waals surface area contributed by atoms with Crippen molar-refractivity contribution in [2.24, 2.45) is 0 Å². The lowest BCUT2D eigenvalue weighted by Crippen LogP contribution is -2.33. The van der Waals surface area contributed by atoms with Crippen molar-refractivity contribution in [1.82, 2.24) is 5.32 Å². The molecular weight excluding hydrogens is 282 g/mol. The van der Waals surface area contributed by atoms with Crippen LogP contribution in [0.15, 0.2) is 28.7 Å². The topological polar surface area (TPSA) is 65.0 Å². The maximum Gasteiger partial charge on any atom is 0.324 e. The van der Waals surface area contributed by atoms with E-state index in [1.54, 1.807) is 12.1 Å². The molecule has 0 atom stereocenters. The maximum atomic E-state index is 11.5. The molecule has 0 aliphatic rings. The predicted octanol–water partition coefficient (Wildman–Crippen LogP) is 3.74. The zero-order valence-corrected chi connectivity index (χ0v) is 11.3. The second kappa shape index (κ2) is 7.06. The SMILES string of the molecule is CCCCC(=N)NC(=O)Nc1ccc(Br)cc1. The van der Waals surface area contributed by atoms with Gasteiger partial charge in [-0.15, -0.1) is 0 Å². The Kier molecular flexibility index (Phi) is 5.69. The minimum absolute atomic E-state index is 0.251. The van der Waals surface area contributed by atoms with Gasteiger partial charge in [-0.25, -0.2) is 4.79 Å². The fourth-order valence-electron chi connectivity index (χ4n) is 1.25. The zero-order valence-electron chi connectivity index (χ0n) is 9.72. The lowest BCUT2D eigenvalue weighted by atomic mass is 10.2. The molecule has 0 spiro atoms. The van der Waals surface area contributed by atoms with Gasteiger partial charge in [0.2, 0.25) is 0 Å². The van der Waals surface area contributed by atoms with E-state index in [1.807, 2.05) is 12.1 Å². The minimum atomic E-state index is -0.367. The van der Waals surface area contributed by atoms with Crippen molar-refractivity contribution in [3.8, 4) is 0 Å². The van der Waals surface area contributed by atoms with Gasteiger partial charge in [0.15, 0.2) is 0 Å². The summed E-state index contributed by atoms with van der Waals surface area (Å²) in [6.07, 6.45) is 2.53. The number of amidine groups is 1. The van der Waals surface area contributed by atoms with Crippen LogP contribution in [0.2, 0.25) is 0 Å². The Labute approximate surface area is 109 Å². The van der Waals surface area contributed by atoms with Gasteiger partial charge in [-0.2, -0.15) is 0 Å². The number of halogens is 1. The van der Waals surface area contributed by atoms with E-state index in [1.165, 1.54) is 0 Å². The Bertz CT molecular complexity index is 389. The van der Waals surface area contributed by atoms with E-state index < -0.39 is 0 Å². The summed E-state index contributed by atoms with van der Waals surface area (Å²) in [5.41, 5.74) is 0.703. The summed E-state index contributed by atoms with van der Waals surface area (Å²) < 4.78 is 0.958. The summed E-state index contributed by atoms with van der Waals surface area (Å²) in [5.74, 6) is 0.251. The Morgan fingerprint density at radius 1 is 1.35 bits per heavy atom. The normalized spacial score (nSPS) is 9.76. The highest BCUT2D eigenvalue weighted by Crippen LogP contribution is 2.13. The Morgan fingerprint density at radius 3 is 2.59 bits per heavy atom. The number of hydrogen-bond donors (Lipinski definition) is 3. The molecular formula is C12H16BrN3O. The zero-order chi connectivity index (χ0) is 12.7. The smallest absolute Gasteiger partial charge is 0.308 e. The van der Waals surface area contributed by atoms with Crippen molar-refractivity contribution in [1.29, 1.82) is 5.41 Å². The second-order valence-corrected chi connectivity index (χ2v) is 4.58. The first kappa shape index (κ1) is 13.7. The van der Waals surface area contributed by atoms with E-state index in [0.29, 0.717) is 12.1 Å². The summed E-state index contributed by atoms with van der Waals surface area (Å²) in [7, 11) is 0. The molecule has 0 saturated carbocycles. The van der Waals surface area contributed by atoms with Gasteiger partial charge < -0.3 is 5.32 Å². The highest BCUT2D eigenvalue weighted by molar-refractivity contribution is 9.10. The Balaban J connectivity index is 2.39. The molecule has 1 aromatic carbocycles. The van der Waals surface area contributed by atoms with Crippen molar-refractivity contribution >= 4 is 33.5 Å². The van der Waals surface area contributed by atoms with Crippen LogP contribution in [0.25, 0.3) is 0 Å². The van der Waals surface area contributed by atoms with E-state index >= 15 is 0 Å². The molecule has 17 heavy (non-hydrogen) atoms. The summed E-state index contributed by atoms with van der Waals surface area (Å²) >= 11 is 3.32. The highest BCUT2D eigenvalue weighted by Gasteiger charge is 2.04. The lowest BCUT2D eigenvalue weighted by molar-refractivity contribution is 0.256. The second-order valence-electron chi connectivity index (χ2n) is 3.67. The first-order valence-electron chi connectivity index (χ1n) is 5.53. The van der Waals surface area contributed by atoms with Crippen LogP contribution in [0, 0.1) is 5.41 Å². The monoisotopic (exact) mass is 297 g/mol. The number of benzene rings is 1. The number of amides is 2. The molecule has 0 saturated heterocycles. The van der Waals surface area contributed by atoms with Crippen molar-refractivity contribution in [3.63, 3.8) is 0 Å². The molecule has 5 heteroatoms. The van der Waals surface area contributed by atoms with Crippen molar-refractivity contribution in [3.05, 3.63) is 28.7 Å². The number of rotatable bonds is 4. The van der Waals surface area contributed by atoms with Gasteiger partial charge in [-0.05, 0) is 30.7 Å². The number of hydrogen-bond acceptors (Lipinski definition) is 2. The summed E-state index contributed by atoms with van der Waals surface area (Å²) in [6, 6.07) is 6.91. The third-order valence-corrected chi connectivity index (χ3v) is 2.68. The fraction of sp³-hybridized carbons (Fsp3) is 0.333.